The van der Waals surface area contributed by atoms with Crippen LogP contribution in [0.4, 0.5) is 0 Å². The lowest BCUT2D eigenvalue weighted by Crippen LogP contribution is -2.35. The summed E-state index contributed by atoms with van der Waals surface area (Å²) in [5.74, 6) is 0.360. The smallest absolute Gasteiger partial charge is 0.0849 e. The Kier molecular flexibility index (Phi) is 2.94. The fourth-order valence-corrected chi connectivity index (χ4v) is 3.29. The van der Waals surface area contributed by atoms with Crippen molar-refractivity contribution in [3.05, 3.63) is 71.3 Å². The zero-order valence-electron chi connectivity index (χ0n) is 11.5. The van der Waals surface area contributed by atoms with Crippen LogP contribution in [-0.2, 0) is 6.42 Å². The van der Waals surface area contributed by atoms with Gasteiger partial charge in [-0.25, -0.2) is 0 Å². The number of hydrogen-bond acceptors (Lipinski definition) is 1. The van der Waals surface area contributed by atoms with E-state index in [2.05, 4.69) is 56.3 Å². The molecule has 0 bridgehead atoms. The minimum atomic E-state index is -0.400. The van der Waals surface area contributed by atoms with Crippen molar-refractivity contribution in [2.75, 3.05) is 0 Å². The van der Waals surface area contributed by atoms with Gasteiger partial charge in [-0.3, -0.25) is 0 Å². The van der Waals surface area contributed by atoms with Gasteiger partial charge in [-0.1, -0.05) is 68.4 Å². The van der Waals surface area contributed by atoms with E-state index in [0.717, 1.165) is 12.0 Å². The largest absolute Gasteiger partial charge is 0.388 e. The van der Waals surface area contributed by atoms with E-state index in [-0.39, 0.29) is 5.41 Å². The van der Waals surface area contributed by atoms with Gasteiger partial charge in [0.05, 0.1) is 6.10 Å². The third-order valence-electron chi connectivity index (χ3n) is 4.58. The van der Waals surface area contributed by atoms with E-state index in [1.54, 1.807) is 0 Å². The Bertz CT molecular complexity index is 571. The third-order valence-corrected chi connectivity index (χ3v) is 4.58. The van der Waals surface area contributed by atoms with Crippen LogP contribution in [0.3, 0.4) is 0 Å². The van der Waals surface area contributed by atoms with Crippen molar-refractivity contribution in [1.29, 1.82) is 0 Å². The number of aliphatic hydroxyl groups excluding tert-OH is 1. The van der Waals surface area contributed by atoms with Crippen molar-refractivity contribution in [1.82, 2.24) is 0 Å². The van der Waals surface area contributed by atoms with Crippen LogP contribution in [0.15, 0.2) is 54.6 Å². The molecule has 0 aromatic heterocycles. The van der Waals surface area contributed by atoms with E-state index in [0.29, 0.717) is 5.92 Å². The van der Waals surface area contributed by atoms with Gasteiger partial charge in [-0.05, 0) is 29.0 Å². The summed E-state index contributed by atoms with van der Waals surface area (Å²) < 4.78 is 0. The Morgan fingerprint density at radius 3 is 2.32 bits per heavy atom. The van der Waals surface area contributed by atoms with Crippen molar-refractivity contribution in [3.8, 4) is 0 Å². The molecule has 2 aromatic rings. The van der Waals surface area contributed by atoms with E-state index >= 15 is 0 Å². The summed E-state index contributed by atoms with van der Waals surface area (Å²) in [5, 5.41) is 10.7. The molecule has 1 nitrogen and oxygen atoms in total. The fourth-order valence-electron chi connectivity index (χ4n) is 3.29. The molecule has 0 unspecified atom stereocenters. The summed E-state index contributed by atoms with van der Waals surface area (Å²) >= 11 is 0. The summed E-state index contributed by atoms with van der Waals surface area (Å²) in [6, 6.07) is 18.8. The van der Waals surface area contributed by atoms with Gasteiger partial charge in [0.25, 0.3) is 0 Å². The second-order valence-electron chi connectivity index (χ2n) is 6.09. The second kappa shape index (κ2) is 4.50. The van der Waals surface area contributed by atoms with Gasteiger partial charge in [0, 0.05) is 5.41 Å². The minimum Gasteiger partial charge on any atom is -0.388 e. The van der Waals surface area contributed by atoms with Crippen molar-refractivity contribution in [3.63, 3.8) is 0 Å². The first-order valence-electron chi connectivity index (χ1n) is 6.91. The zero-order valence-corrected chi connectivity index (χ0v) is 11.5. The van der Waals surface area contributed by atoms with E-state index < -0.39 is 6.10 Å². The van der Waals surface area contributed by atoms with Gasteiger partial charge in [0.1, 0.15) is 0 Å². The molecule has 1 heteroatoms. The molecule has 2 atom stereocenters. The molecule has 0 amide bonds. The monoisotopic (exact) mass is 252 g/mol. The highest BCUT2D eigenvalue weighted by molar-refractivity contribution is 5.38. The molecule has 0 spiro atoms. The lowest BCUT2D eigenvalue weighted by Gasteiger charge is -2.44. The highest BCUT2D eigenvalue weighted by atomic mass is 16.3. The highest BCUT2D eigenvalue weighted by Crippen LogP contribution is 2.51. The molecule has 1 aliphatic rings. The first-order valence-corrected chi connectivity index (χ1v) is 6.91. The van der Waals surface area contributed by atoms with Crippen LogP contribution in [0.25, 0.3) is 0 Å². The zero-order chi connectivity index (χ0) is 13.5. The molecule has 19 heavy (non-hydrogen) atoms. The standard InChI is InChI=1S/C18H20O/c1-18(2)16(13-8-4-3-5-9-13)12-14-10-6-7-11-15(14)17(18)19/h3-11,16-17,19H,12H2,1-2H3/t16-,17-/m0/s1. The van der Waals surface area contributed by atoms with Gasteiger partial charge in [0.15, 0.2) is 0 Å². The van der Waals surface area contributed by atoms with Crippen LogP contribution in [0, 0.1) is 5.41 Å². The summed E-state index contributed by atoms with van der Waals surface area (Å²) in [4.78, 5) is 0. The van der Waals surface area contributed by atoms with Gasteiger partial charge in [-0.2, -0.15) is 0 Å². The van der Waals surface area contributed by atoms with Crippen LogP contribution in [0.5, 0.6) is 0 Å². The third kappa shape index (κ3) is 1.98. The fraction of sp³-hybridized carbons (Fsp3) is 0.333. The Morgan fingerprint density at radius 1 is 0.947 bits per heavy atom. The second-order valence-corrected chi connectivity index (χ2v) is 6.09. The van der Waals surface area contributed by atoms with Crippen LogP contribution < -0.4 is 0 Å². The molecule has 1 aliphatic carbocycles. The number of hydrogen-bond donors (Lipinski definition) is 1. The summed E-state index contributed by atoms with van der Waals surface area (Å²) in [6.45, 7) is 4.34. The normalized spacial score (nSPS) is 24.8. The average Bonchev–Trinajstić information content (AvgIpc) is 2.44. The van der Waals surface area contributed by atoms with Crippen molar-refractivity contribution >= 4 is 0 Å². The van der Waals surface area contributed by atoms with Crippen LogP contribution in [0.1, 0.15) is 42.6 Å². The van der Waals surface area contributed by atoms with Crippen molar-refractivity contribution in [2.24, 2.45) is 5.41 Å². The van der Waals surface area contributed by atoms with E-state index in [9.17, 15) is 5.11 Å². The van der Waals surface area contributed by atoms with Crippen LogP contribution >= 0.6 is 0 Å². The maximum Gasteiger partial charge on any atom is 0.0849 e. The molecule has 0 aliphatic heterocycles. The van der Waals surface area contributed by atoms with E-state index in [4.69, 9.17) is 0 Å². The quantitative estimate of drug-likeness (QED) is 0.810. The lowest BCUT2D eigenvalue weighted by molar-refractivity contribution is 0.0180. The molecule has 2 aromatic carbocycles. The first-order chi connectivity index (χ1) is 9.10. The first kappa shape index (κ1) is 12.4. The van der Waals surface area contributed by atoms with E-state index in [1.165, 1.54) is 11.1 Å². The predicted octanol–water partition coefficient (Wildman–Crippen LogP) is 4.09. The molecule has 0 saturated carbocycles. The maximum absolute atomic E-state index is 10.7. The Labute approximate surface area is 114 Å². The SMILES string of the molecule is CC1(C)[C@@H](O)c2ccccc2C[C@H]1c1ccccc1. The summed E-state index contributed by atoms with van der Waals surface area (Å²) in [7, 11) is 0. The Hall–Kier alpha value is -1.60. The number of aliphatic hydroxyl groups is 1. The number of rotatable bonds is 1. The molecule has 1 N–H and O–H groups in total. The molecule has 0 radical (unpaired) electrons. The molecule has 98 valence electrons. The number of fused-ring (bicyclic) bond motifs is 1. The van der Waals surface area contributed by atoms with Gasteiger partial charge < -0.3 is 5.11 Å². The molecule has 3 rings (SSSR count). The van der Waals surface area contributed by atoms with Crippen LogP contribution in [0.2, 0.25) is 0 Å². The molecular weight excluding hydrogens is 232 g/mol. The maximum atomic E-state index is 10.7. The Morgan fingerprint density at radius 2 is 1.58 bits per heavy atom. The van der Waals surface area contributed by atoms with Crippen molar-refractivity contribution in [2.45, 2.75) is 32.3 Å². The number of benzene rings is 2. The molecule has 0 fully saturated rings. The highest BCUT2D eigenvalue weighted by Gasteiger charge is 2.42. The van der Waals surface area contributed by atoms with Gasteiger partial charge in [0.2, 0.25) is 0 Å². The average molecular weight is 252 g/mol. The predicted molar refractivity (Wildman–Crippen MR) is 78.1 cm³/mol. The summed E-state index contributed by atoms with van der Waals surface area (Å²) in [5.41, 5.74) is 3.55. The molecule has 0 saturated heterocycles. The topological polar surface area (TPSA) is 20.2 Å². The van der Waals surface area contributed by atoms with E-state index in [1.807, 2.05) is 12.1 Å². The lowest BCUT2D eigenvalue weighted by atomic mass is 9.62. The van der Waals surface area contributed by atoms with Gasteiger partial charge >= 0.3 is 0 Å². The van der Waals surface area contributed by atoms with Crippen molar-refractivity contribution < 1.29 is 5.11 Å². The minimum absolute atomic E-state index is 0.143. The Balaban J connectivity index is 2.09. The summed E-state index contributed by atoms with van der Waals surface area (Å²) in [6.07, 6.45) is 0.604. The molecule has 0 heterocycles. The van der Waals surface area contributed by atoms with Crippen LogP contribution in [-0.4, -0.2) is 5.11 Å². The van der Waals surface area contributed by atoms with Gasteiger partial charge in [-0.15, -0.1) is 0 Å². The molecular formula is C18H20O.